The molecule has 5 amide bonds. The maximum absolute atomic E-state index is 13.1. The lowest BCUT2D eigenvalue weighted by molar-refractivity contribution is -0.131. The van der Waals surface area contributed by atoms with Gasteiger partial charge in [-0.15, -0.1) is 0 Å². The van der Waals surface area contributed by atoms with Crippen molar-refractivity contribution in [2.45, 2.75) is 38.6 Å². The van der Waals surface area contributed by atoms with Crippen LogP contribution in [-0.2, 0) is 14.4 Å². The molecule has 2 aromatic carbocycles. The first-order chi connectivity index (χ1) is 17.8. The molecule has 4 rings (SSSR count). The molecule has 0 atom stereocenters. The van der Waals surface area contributed by atoms with Gasteiger partial charge in [0.2, 0.25) is 0 Å². The van der Waals surface area contributed by atoms with E-state index in [-0.39, 0.29) is 36.3 Å². The maximum Gasteiger partial charge on any atom is 0.331 e. The number of halogens is 2. The van der Waals surface area contributed by atoms with Crippen LogP contribution in [0.15, 0.2) is 46.4 Å². The second kappa shape index (κ2) is 11.5. The van der Waals surface area contributed by atoms with E-state index in [4.69, 9.17) is 9.47 Å². The van der Waals surface area contributed by atoms with Crippen molar-refractivity contribution >= 4 is 51.4 Å². The maximum atomic E-state index is 13.1. The summed E-state index contributed by atoms with van der Waals surface area (Å²) < 4.78 is 24.9. The second-order valence-corrected chi connectivity index (χ2v) is 9.39. The number of carbonyl (C=O) groups is 4. The molecule has 2 aliphatic rings. The number of urea groups is 1. The number of hydrogen-bond acceptors (Lipinski definition) is 6. The highest BCUT2D eigenvalue weighted by Crippen LogP contribution is 2.38. The summed E-state index contributed by atoms with van der Waals surface area (Å²) in [4.78, 5) is 51.4. The Morgan fingerprint density at radius 3 is 2.54 bits per heavy atom. The zero-order chi connectivity index (χ0) is 26.5. The minimum Gasteiger partial charge on any atom is -0.490 e. The van der Waals surface area contributed by atoms with E-state index in [1.54, 1.807) is 19.1 Å². The van der Waals surface area contributed by atoms with Crippen molar-refractivity contribution in [1.82, 2.24) is 10.2 Å². The third-order valence-electron chi connectivity index (χ3n) is 5.94. The molecule has 0 unspecified atom stereocenters. The van der Waals surface area contributed by atoms with Crippen molar-refractivity contribution in [3.63, 3.8) is 0 Å². The monoisotopic (exact) mass is 573 g/mol. The Hall–Kier alpha value is -3.73. The van der Waals surface area contributed by atoms with Gasteiger partial charge in [-0.05, 0) is 83.7 Å². The predicted molar refractivity (Wildman–Crippen MR) is 136 cm³/mol. The number of imide groups is 2. The van der Waals surface area contributed by atoms with Gasteiger partial charge in [0.1, 0.15) is 11.4 Å². The van der Waals surface area contributed by atoms with Crippen LogP contribution >= 0.6 is 15.9 Å². The largest absolute Gasteiger partial charge is 0.490 e. The molecule has 1 aliphatic carbocycles. The van der Waals surface area contributed by atoms with E-state index < -0.39 is 29.6 Å². The molecule has 2 N–H and O–H groups in total. The molecule has 0 spiro atoms. The Bertz CT molecular complexity index is 1260. The fraction of sp³-hybridized carbons (Fsp3) is 0.308. The molecule has 2 aromatic rings. The van der Waals surface area contributed by atoms with Crippen LogP contribution in [0.4, 0.5) is 14.9 Å². The molecular weight excluding hydrogens is 549 g/mol. The van der Waals surface area contributed by atoms with Crippen LogP contribution in [0.1, 0.15) is 38.2 Å². The fourth-order valence-electron chi connectivity index (χ4n) is 4.27. The average molecular weight is 574 g/mol. The van der Waals surface area contributed by atoms with E-state index in [2.05, 4.69) is 26.6 Å². The molecule has 0 aromatic heterocycles. The summed E-state index contributed by atoms with van der Waals surface area (Å²) in [7, 11) is 0. The highest BCUT2D eigenvalue weighted by atomic mass is 79.9. The van der Waals surface area contributed by atoms with Crippen molar-refractivity contribution in [3.8, 4) is 11.5 Å². The third kappa shape index (κ3) is 6.16. The molecule has 11 heteroatoms. The number of nitrogens with zero attached hydrogens (tertiary/aromatic N) is 1. The molecule has 0 radical (unpaired) electrons. The normalized spacial score (nSPS) is 17.2. The van der Waals surface area contributed by atoms with Gasteiger partial charge in [0.05, 0.1) is 11.1 Å². The Kier molecular flexibility index (Phi) is 8.22. The lowest BCUT2D eigenvalue weighted by Gasteiger charge is -2.31. The molecule has 37 heavy (non-hydrogen) atoms. The molecule has 1 aliphatic heterocycles. The molecule has 1 heterocycles. The molecule has 1 saturated heterocycles. The van der Waals surface area contributed by atoms with Crippen molar-refractivity contribution in [2.24, 2.45) is 0 Å². The topological polar surface area (TPSA) is 114 Å². The smallest absolute Gasteiger partial charge is 0.331 e. The average Bonchev–Trinajstić information content (AvgIpc) is 3.37. The van der Waals surface area contributed by atoms with Gasteiger partial charge >= 0.3 is 6.03 Å². The van der Waals surface area contributed by atoms with E-state index >= 15 is 0 Å². The van der Waals surface area contributed by atoms with Gasteiger partial charge in [-0.3, -0.25) is 24.6 Å². The molecule has 2 fully saturated rings. The third-order valence-corrected chi connectivity index (χ3v) is 6.53. The van der Waals surface area contributed by atoms with E-state index in [1.165, 1.54) is 30.3 Å². The minimum atomic E-state index is -0.767. The molecule has 0 bridgehead atoms. The Morgan fingerprint density at radius 2 is 1.86 bits per heavy atom. The summed E-state index contributed by atoms with van der Waals surface area (Å²) in [5.74, 6) is -1.75. The Labute approximate surface area is 221 Å². The molecule has 9 nitrogen and oxygen atoms in total. The first-order valence-corrected chi connectivity index (χ1v) is 12.6. The lowest BCUT2D eigenvalue weighted by atomic mass is 10.0. The lowest BCUT2D eigenvalue weighted by Crippen LogP contribution is -2.57. The summed E-state index contributed by atoms with van der Waals surface area (Å²) in [6.45, 7) is 1.71. The zero-order valence-electron chi connectivity index (χ0n) is 20.0. The van der Waals surface area contributed by atoms with E-state index in [0.29, 0.717) is 28.6 Å². The molecule has 194 valence electrons. The van der Waals surface area contributed by atoms with Gasteiger partial charge in [-0.2, -0.15) is 0 Å². The van der Waals surface area contributed by atoms with Crippen LogP contribution in [0.5, 0.6) is 11.5 Å². The van der Waals surface area contributed by atoms with Gasteiger partial charge in [-0.25, -0.2) is 9.18 Å². The number of benzene rings is 2. The van der Waals surface area contributed by atoms with Crippen LogP contribution in [0.2, 0.25) is 0 Å². The summed E-state index contributed by atoms with van der Waals surface area (Å²) in [6.07, 6.45) is 4.65. The second-order valence-electron chi connectivity index (χ2n) is 8.54. The van der Waals surface area contributed by atoms with Gasteiger partial charge in [0.15, 0.2) is 18.1 Å². The Morgan fingerprint density at radius 1 is 1.16 bits per heavy atom. The van der Waals surface area contributed by atoms with Crippen molar-refractivity contribution in [3.05, 3.63) is 57.8 Å². The zero-order valence-corrected chi connectivity index (χ0v) is 21.6. The standard InChI is InChI=1S/C26H25BrFN3O6/c1-2-36-21-13-15(11-19-24(33)30-26(35)31(25(19)34)18-5-3-4-6-18)12-20(27)23(21)37-14-22(32)29-17-9-7-16(28)8-10-17/h7-13,18H,2-6,14H2,1H3,(H,29,32)(H,30,33,35)/b19-11+. The van der Waals surface area contributed by atoms with E-state index in [0.717, 1.165) is 17.7 Å². The quantitative estimate of drug-likeness (QED) is 0.357. The van der Waals surface area contributed by atoms with Crippen molar-refractivity contribution in [2.75, 3.05) is 18.5 Å². The molecule has 1 saturated carbocycles. The number of rotatable bonds is 8. The summed E-state index contributed by atoms with van der Waals surface area (Å²) in [5.41, 5.74) is 0.715. The highest BCUT2D eigenvalue weighted by molar-refractivity contribution is 9.10. The predicted octanol–water partition coefficient (Wildman–Crippen LogP) is 4.41. The first-order valence-electron chi connectivity index (χ1n) is 11.8. The summed E-state index contributed by atoms with van der Waals surface area (Å²) in [5, 5.41) is 4.86. The number of amides is 5. The number of anilines is 1. The highest BCUT2D eigenvalue weighted by Gasteiger charge is 2.40. The fourth-order valence-corrected chi connectivity index (χ4v) is 4.85. The van der Waals surface area contributed by atoms with Crippen LogP contribution < -0.4 is 20.1 Å². The SMILES string of the molecule is CCOc1cc(/C=C2\C(=O)NC(=O)N(C3CCCC3)C2=O)cc(Br)c1OCC(=O)Nc1ccc(F)cc1. The van der Waals surface area contributed by atoms with Crippen molar-refractivity contribution in [1.29, 1.82) is 0 Å². The summed E-state index contributed by atoms with van der Waals surface area (Å²) in [6, 6.07) is 7.58. The Balaban J connectivity index is 1.54. The number of hydrogen-bond donors (Lipinski definition) is 2. The van der Waals surface area contributed by atoms with Gasteiger partial charge in [-0.1, -0.05) is 12.8 Å². The molecular formula is C26H25BrFN3O6. The van der Waals surface area contributed by atoms with Crippen molar-refractivity contribution < 1.29 is 33.0 Å². The van der Waals surface area contributed by atoms with Crippen LogP contribution in [0.3, 0.4) is 0 Å². The number of nitrogens with one attached hydrogen (secondary N) is 2. The van der Waals surface area contributed by atoms with Gasteiger partial charge in [0, 0.05) is 11.7 Å². The summed E-state index contributed by atoms with van der Waals surface area (Å²) >= 11 is 3.41. The van der Waals surface area contributed by atoms with Crippen LogP contribution in [-0.4, -0.2) is 47.9 Å². The first kappa shape index (κ1) is 26.3. The van der Waals surface area contributed by atoms with Crippen LogP contribution in [0, 0.1) is 5.82 Å². The van der Waals surface area contributed by atoms with Gasteiger partial charge < -0.3 is 14.8 Å². The van der Waals surface area contributed by atoms with E-state index in [1.807, 2.05) is 0 Å². The van der Waals surface area contributed by atoms with Crippen LogP contribution in [0.25, 0.3) is 6.08 Å². The number of barbiturate groups is 1. The number of carbonyl (C=O) groups excluding carboxylic acids is 4. The van der Waals surface area contributed by atoms with Gasteiger partial charge in [0.25, 0.3) is 17.7 Å². The van der Waals surface area contributed by atoms with E-state index in [9.17, 15) is 23.6 Å². The number of ether oxygens (including phenoxy) is 2. The minimum absolute atomic E-state index is 0.159.